The van der Waals surface area contributed by atoms with Crippen molar-refractivity contribution in [3.63, 3.8) is 0 Å². The van der Waals surface area contributed by atoms with E-state index in [2.05, 4.69) is 49.5 Å². The molecule has 1 nitrogen and oxygen atoms in total. The summed E-state index contributed by atoms with van der Waals surface area (Å²) in [6.45, 7) is 5.63. The molecule has 0 radical (unpaired) electrons. The van der Waals surface area contributed by atoms with Gasteiger partial charge in [-0.15, -0.1) is 0 Å². The molecule has 1 aromatic carbocycles. The summed E-state index contributed by atoms with van der Waals surface area (Å²) in [6.07, 6.45) is 5.10. The van der Waals surface area contributed by atoms with Gasteiger partial charge in [0.2, 0.25) is 0 Å². The monoisotopic (exact) mass is 227 g/mol. The fraction of sp³-hybridized carbons (Fsp3) is 0.500. The van der Waals surface area contributed by atoms with Gasteiger partial charge < -0.3 is 5.32 Å². The highest BCUT2D eigenvalue weighted by Gasteiger charge is 2.33. The lowest BCUT2D eigenvalue weighted by Crippen LogP contribution is -2.41. The molecule has 2 bridgehead atoms. The molecule has 3 rings (SSSR count). The second kappa shape index (κ2) is 4.30. The molecule has 2 aliphatic rings. The minimum Gasteiger partial charge on any atom is -0.309 e. The van der Waals surface area contributed by atoms with Crippen LogP contribution in [-0.4, -0.2) is 6.54 Å². The fourth-order valence-electron chi connectivity index (χ4n) is 3.27. The van der Waals surface area contributed by atoms with Crippen LogP contribution in [-0.2, 0) is 0 Å². The van der Waals surface area contributed by atoms with Gasteiger partial charge in [-0.05, 0) is 50.6 Å². The Kier molecular flexibility index (Phi) is 2.79. The van der Waals surface area contributed by atoms with Crippen molar-refractivity contribution >= 4 is 0 Å². The van der Waals surface area contributed by atoms with Gasteiger partial charge in [-0.1, -0.05) is 41.5 Å². The molecule has 0 amide bonds. The van der Waals surface area contributed by atoms with E-state index in [1.807, 2.05) is 0 Å². The number of fused-ring (bicyclic) bond motifs is 2. The summed E-state index contributed by atoms with van der Waals surface area (Å²) in [6, 6.07) is 9.56. The summed E-state index contributed by atoms with van der Waals surface area (Å²) >= 11 is 0. The minimum atomic E-state index is 0.531. The number of hydrogen-bond acceptors (Lipinski definition) is 1. The topological polar surface area (TPSA) is 12.0 Å². The lowest BCUT2D eigenvalue weighted by Gasteiger charge is -2.41. The van der Waals surface area contributed by atoms with Crippen molar-refractivity contribution in [1.82, 2.24) is 5.32 Å². The van der Waals surface area contributed by atoms with E-state index >= 15 is 0 Å². The maximum absolute atomic E-state index is 3.75. The van der Waals surface area contributed by atoms with E-state index in [1.54, 1.807) is 5.57 Å². The van der Waals surface area contributed by atoms with Crippen molar-refractivity contribution < 1.29 is 0 Å². The number of benzene rings is 1. The van der Waals surface area contributed by atoms with Crippen molar-refractivity contribution in [2.24, 2.45) is 11.8 Å². The summed E-state index contributed by atoms with van der Waals surface area (Å²) in [5, 5.41) is 3.75. The van der Waals surface area contributed by atoms with Crippen LogP contribution in [0.4, 0.5) is 0 Å². The number of allylic oxidation sites excluding steroid dienone is 1. The van der Waals surface area contributed by atoms with Crippen molar-refractivity contribution in [2.45, 2.75) is 32.7 Å². The maximum Gasteiger partial charge on any atom is 0.0386 e. The van der Waals surface area contributed by atoms with Crippen LogP contribution in [0.2, 0.25) is 0 Å². The highest BCUT2D eigenvalue weighted by molar-refractivity contribution is 5.28. The Morgan fingerprint density at radius 2 is 1.88 bits per heavy atom. The molecule has 0 saturated carbocycles. The molecule has 0 spiro atoms. The smallest absolute Gasteiger partial charge is 0.0386 e. The van der Waals surface area contributed by atoms with E-state index < -0.39 is 0 Å². The van der Waals surface area contributed by atoms with E-state index in [9.17, 15) is 0 Å². The zero-order valence-corrected chi connectivity index (χ0v) is 10.7. The molecule has 1 heteroatoms. The summed E-state index contributed by atoms with van der Waals surface area (Å²) < 4.78 is 0. The molecule has 17 heavy (non-hydrogen) atoms. The van der Waals surface area contributed by atoms with Crippen LogP contribution in [0, 0.1) is 18.8 Å². The van der Waals surface area contributed by atoms with E-state index in [-0.39, 0.29) is 0 Å². The molecule has 0 aromatic heterocycles. The van der Waals surface area contributed by atoms with Crippen LogP contribution in [0.3, 0.4) is 0 Å². The van der Waals surface area contributed by atoms with Gasteiger partial charge in [0.1, 0.15) is 0 Å². The van der Waals surface area contributed by atoms with Crippen molar-refractivity contribution in [1.29, 1.82) is 0 Å². The molecule has 1 aliphatic heterocycles. The van der Waals surface area contributed by atoms with Crippen molar-refractivity contribution in [2.75, 3.05) is 6.54 Å². The molecule has 1 N–H and O–H groups in total. The number of piperidine rings is 1. The molecule has 1 aliphatic carbocycles. The second-order valence-electron chi connectivity index (χ2n) is 5.69. The van der Waals surface area contributed by atoms with Gasteiger partial charge in [-0.3, -0.25) is 0 Å². The average molecular weight is 227 g/mol. The third-order valence-electron chi connectivity index (χ3n) is 4.41. The first-order valence-corrected chi connectivity index (χ1v) is 6.70. The van der Waals surface area contributed by atoms with Gasteiger partial charge in [-0.25, -0.2) is 0 Å². The Morgan fingerprint density at radius 3 is 2.65 bits per heavy atom. The van der Waals surface area contributed by atoms with Gasteiger partial charge in [0.15, 0.2) is 0 Å². The molecule has 1 fully saturated rings. The van der Waals surface area contributed by atoms with Gasteiger partial charge in [0.25, 0.3) is 0 Å². The number of nitrogens with one attached hydrogen (secondary N) is 1. The molecule has 1 saturated heterocycles. The van der Waals surface area contributed by atoms with E-state index in [0.29, 0.717) is 12.0 Å². The Labute approximate surface area is 104 Å². The molecule has 3 atom stereocenters. The summed E-state index contributed by atoms with van der Waals surface area (Å²) in [4.78, 5) is 0. The lowest BCUT2D eigenvalue weighted by atomic mass is 9.73. The van der Waals surface area contributed by atoms with Crippen LogP contribution in [0.5, 0.6) is 0 Å². The molecule has 1 heterocycles. The zero-order valence-electron chi connectivity index (χ0n) is 10.7. The van der Waals surface area contributed by atoms with E-state index in [4.69, 9.17) is 0 Å². The Morgan fingerprint density at radius 1 is 1.12 bits per heavy atom. The first-order valence-electron chi connectivity index (χ1n) is 6.70. The summed E-state index contributed by atoms with van der Waals surface area (Å²) in [7, 11) is 0. The van der Waals surface area contributed by atoms with Crippen LogP contribution < -0.4 is 5.32 Å². The maximum atomic E-state index is 3.75. The Balaban J connectivity index is 1.90. The predicted molar refractivity (Wildman–Crippen MR) is 71.9 cm³/mol. The quantitative estimate of drug-likeness (QED) is 0.723. The van der Waals surface area contributed by atoms with Gasteiger partial charge >= 0.3 is 0 Å². The first-order chi connectivity index (χ1) is 8.24. The van der Waals surface area contributed by atoms with Crippen LogP contribution in [0.15, 0.2) is 35.9 Å². The SMILES string of the molecule is CC1=CC[C@@H]2CN[C@H](c3ccc(C)cc3)[C@H]1C2. The van der Waals surface area contributed by atoms with Crippen LogP contribution in [0.1, 0.15) is 36.9 Å². The van der Waals surface area contributed by atoms with Gasteiger partial charge in [0, 0.05) is 6.04 Å². The van der Waals surface area contributed by atoms with Crippen molar-refractivity contribution in [3.05, 3.63) is 47.0 Å². The second-order valence-corrected chi connectivity index (χ2v) is 5.69. The standard InChI is InChI=1S/C16H21N/c1-11-3-7-14(8-4-11)16-15-9-13(10-17-16)6-5-12(15)2/h3-5,7-8,13,15-17H,6,9-10H2,1-2H3/t13-,15-,16+/m0/s1. The minimum absolute atomic E-state index is 0.531. The molecular weight excluding hydrogens is 206 g/mol. The van der Waals surface area contributed by atoms with Crippen LogP contribution >= 0.6 is 0 Å². The number of rotatable bonds is 1. The molecule has 90 valence electrons. The Hall–Kier alpha value is -1.08. The largest absolute Gasteiger partial charge is 0.309 e. The number of aryl methyl sites for hydroxylation is 1. The highest BCUT2D eigenvalue weighted by atomic mass is 14.9. The van der Waals surface area contributed by atoms with Crippen molar-refractivity contribution in [3.8, 4) is 0 Å². The summed E-state index contributed by atoms with van der Waals surface area (Å²) in [5.74, 6) is 1.58. The first kappa shape index (κ1) is 11.0. The normalized spacial score (nSPS) is 32.1. The highest BCUT2D eigenvalue weighted by Crippen LogP contribution is 2.40. The summed E-state index contributed by atoms with van der Waals surface area (Å²) in [5.41, 5.74) is 4.38. The lowest BCUT2D eigenvalue weighted by molar-refractivity contribution is 0.233. The zero-order chi connectivity index (χ0) is 11.8. The number of hydrogen-bond donors (Lipinski definition) is 1. The third-order valence-corrected chi connectivity index (χ3v) is 4.41. The fourth-order valence-corrected chi connectivity index (χ4v) is 3.27. The van der Waals surface area contributed by atoms with E-state index in [1.165, 1.54) is 30.5 Å². The van der Waals surface area contributed by atoms with E-state index in [0.717, 1.165) is 5.92 Å². The molecular formula is C16H21N. The average Bonchev–Trinajstić information content (AvgIpc) is 2.36. The van der Waals surface area contributed by atoms with Crippen LogP contribution in [0.25, 0.3) is 0 Å². The third kappa shape index (κ3) is 2.04. The van der Waals surface area contributed by atoms with Gasteiger partial charge in [0.05, 0.1) is 0 Å². The molecule has 0 unspecified atom stereocenters. The molecule has 1 aromatic rings. The predicted octanol–water partition coefficient (Wildman–Crippen LogP) is 3.61. The Bertz CT molecular complexity index is 429. The van der Waals surface area contributed by atoms with Gasteiger partial charge in [-0.2, -0.15) is 0 Å².